The molecule has 0 amide bonds. The van der Waals surface area contributed by atoms with Crippen molar-refractivity contribution in [2.75, 3.05) is 0 Å². The van der Waals surface area contributed by atoms with Crippen LogP contribution in [0.1, 0.15) is 128 Å². The summed E-state index contributed by atoms with van der Waals surface area (Å²) < 4.78 is 6.85. The van der Waals surface area contributed by atoms with Crippen LogP contribution in [0.25, 0.3) is 66.1 Å². The number of hydrogen-bond acceptors (Lipinski definition) is 0. The predicted molar refractivity (Wildman–Crippen MR) is 374 cm³/mol. The van der Waals surface area contributed by atoms with Crippen molar-refractivity contribution in [1.82, 2.24) is 0 Å². The molecule has 3 heterocycles. The zero-order chi connectivity index (χ0) is 62.1. The molecule has 0 aliphatic carbocycles. The zero-order valence-corrected chi connectivity index (χ0v) is 60.0. The summed E-state index contributed by atoms with van der Waals surface area (Å²) in [5, 5.41) is 12.6. The fraction of sp³-hybridized carbons (Fsp3) is 0.416. The van der Waals surface area contributed by atoms with E-state index in [4.69, 9.17) is 0 Å². The van der Waals surface area contributed by atoms with Gasteiger partial charge in [0.05, 0.1) is 51.5 Å². The maximum absolute atomic E-state index is 2.44. The van der Waals surface area contributed by atoms with Crippen LogP contribution in [-0.2, 0) is 42.8 Å². The summed E-state index contributed by atoms with van der Waals surface area (Å²) in [6.07, 6.45) is 6.64. The molecule has 0 N–H and O–H groups in total. The summed E-state index contributed by atoms with van der Waals surface area (Å²) in [5.41, 5.74) is 19.6. The predicted octanol–water partition coefficient (Wildman–Crippen LogP) is 18.1. The number of fused-ring (bicyclic) bond motifs is 3. The second kappa shape index (κ2) is 23.2. The van der Waals surface area contributed by atoms with Crippen LogP contribution in [0.5, 0.6) is 0 Å². The van der Waals surface area contributed by atoms with Gasteiger partial charge in [0.2, 0.25) is 17.1 Å². The van der Waals surface area contributed by atoms with Gasteiger partial charge in [-0.15, -0.1) is 0 Å². The van der Waals surface area contributed by atoms with Crippen molar-refractivity contribution in [2.24, 2.45) is 21.1 Å². The number of aryl methyl sites for hydroxylation is 5. The highest BCUT2D eigenvalue weighted by molar-refractivity contribution is 6.89. The van der Waals surface area contributed by atoms with E-state index in [0.717, 1.165) is 0 Å². The monoisotopic (exact) mass is 1160 g/mol. The second-order valence-corrected chi connectivity index (χ2v) is 46.9. The standard InChI is InChI=1S/C28H40NSi.C25H34NSi.C24H32NSi/c1-19-24(17-21(27(2,3)4)18-25(19)28(5,6)7)26-23-13-12-22(30(9,10)11)16-20(23)14-15-29(26)8;1-17-14-20(25(3,4)5)16-23(18(17)2)24-22-11-10-21(27(7,8)9)15-19(22)12-13-26(24)6;1-17-9-10-19(24(2,3)4)16-22(17)23-21-12-11-20(26(6,7)8)15-18(21)13-14-25(23)5/h12-18H,1-11H3;10-16H,1-9H3;9-16H,1-8H3/q3*+1. The Labute approximate surface area is 507 Å². The van der Waals surface area contributed by atoms with Crippen LogP contribution < -0.4 is 29.3 Å². The number of hydrogen-bond donors (Lipinski definition) is 0. The lowest BCUT2D eigenvalue weighted by molar-refractivity contribution is -0.659. The third kappa shape index (κ3) is 14.3. The average Bonchev–Trinajstić information content (AvgIpc) is 1.63. The Bertz CT molecular complexity index is 3900. The molecule has 438 valence electrons. The Morgan fingerprint density at radius 3 is 0.964 bits per heavy atom. The summed E-state index contributed by atoms with van der Waals surface area (Å²) in [6.45, 7) is 58.4. The lowest BCUT2D eigenvalue weighted by atomic mass is 9.76. The number of nitrogens with zero attached hydrogens (tertiary/aromatic N) is 3. The first-order valence-corrected chi connectivity index (χ1v) is 41.2. The Kier molecular flexibility index (Phi) is 18.1. The first kappa shape index (κ1) is 64.8. The van der Waals surface area contributed by atoms with Gasteiger partial charge in [0.15, 0.2) is 18.6 Å². The molecule has 0 spiro atoms. The van der Waals surface area contributed by atoms with Gasteiger partial charge in [-0.05, 0) is 146 Å². The van der Waals surface area contributed by atoms with E-state index in [9.17, 15) is 0 Å². The molecule has 6 aromatic carbocycles. The smallest absolute Gasteiger partial charge is 0.200 e. The van der Waals surface area contributed by atoms with E-state index in [1.807, 2.05) is 0 Å². The highest BCUT2D eigenvalue weighted by Gasteiger charge is 2.30. The van der Waals surface area contributed by atoms with Crippen molar-refractivity contribution in [1.29, 1.82) is 0 Å². The second-order valence-electron chi connectivity index (χ2n) is 31.7. The van der Waals surface area contributed by atoms with E-state index >= 15 is 0 Å². The van der Waals surface area contributed by atoms with Crippen molar-refractivity contribution in [3.05, 3.63) is 178 Å². The Hall–Kier alpha value is -5.80. The van der Waals surface area contributed by atoms with Crippen LogP contribution in [0.2, 0.25) is 58.9 Å². The quantitative estimate of drug-likeness (QED) is 0.116. The third-order valence-electron chi connectivity index (χ3n) is 17.5. The van der Waals surface area contributed by atoms with Gasteiger partial charge in [0, 0.05) is 23.8 Å². The van der Waals surface area contributed by atoms with E-state index in [-0.39, 0.29) is 21.7 Å². The van der Waals surface area contributed by atoms with Crippen molar-refractivity contribution in [3.8, 4) is 33.8 Å². The van der Waals surface area contributed by atoms with Crippen LogP contribution in [-0.4, -0.2) is 24.2 Å². The summed E-state index contributed by atoms with van der Waals surface area (Å²) in [5.74, 6) is 0. The molecule has 9 aromatic rings. The molecule has 0 saturated carbocycles. The summed E-state index contributed by atoms with van der Waals surface area (Å²) >= 11 is 0. The van der Waals surface area contributed by atoms with Gasteiger partial charge < -0.3 is 0 Å². The molecule has 0 radical (unpaired) electrons. The average molecular weight is 1160 g/mol. The van der Waals surface area contributed by atoms with Gasteiger partial charge in [0.25, 0.3) is 0 Å². The molecule has 0 bridgehead atoms. The lowest BCUT2D eigenvalue weighted by Gasteiger charge is -2.28. The minimum Gasteiger partial charge on any atom is -0.200 e. The molecule has 0 saturated heterocycles. The van der Waals surface area contributed by atoms with Gasteiger partial charge in [-0.3, -0.25) is 0 Å². The van der Waals surface area contributed by atoms with Crippen molar-refractivity contribution in [2.45, 2.75) is 191 Å². The van der Waals surface area contributed by atoms with E-state index in [0.29, 0.717) is 0 Å². The Morgan fingerprint density at radius 2 is 0.627 bits per heavy atom. The third-order valence-corrected chi connectivity index (χ3v) is 23.6. The SMILES string of the molecule is Cc1c(-c2c3ccc([Si](C)(C)C)cc3cc[n+]2C)cc(C(C)(C)C)cc1C(C)(C)C.Cc1cc(C(C)(C)C)cc(-c2c3ccc([Si](C)(C)C)cc3cc[n+]2C)c1C.Cc1ccc(C(C)(C)C)cc1-c1c2ccc([Si](C)(C)C)cc2cc[n+]1C. The molecule has 3 aromatic heterocycles. The summed E-state index contributed by atoms with van der Waals surface area (Å²) in [4.78, 5) is 0. The molecule has 0 unspecified atom stereocenters. The van der Waals surface area contributed by atoms with Crippen LogP contribution in [0.15, 0.2) is 134 Å². The van der Waals surface area contributed by atoms with E-state index in [1.54, 1.807) is 0 Å². The highest BCUT2D eigenvalue weighted by atomic mass is 28.3. The van der Waals surface area contributed by atoms with Crippen LogP contribution >= 0.6 is 0 Å². The molecule has 9 rings (SSSR count). The molecule has 83 heavy (non-hydrogen) atoms. The topological polar surface area (TPSA) is 11.6 Å². The lowest BCUT2D eigenvalue weighted by Crippen LogP contribution is -2.37. The zero-order valence-electron chi connectivity index (χ0n) is 57.0. The van der Waals surface area contributed by atoms with Gasteiger partial charge in [-0.2, -0.15) is 0 Å². The van der Waals surface area contributed by atoms with Crippen LogP contribution in [0, 0.1) is 27.7 Å². The maximum Gasteiger partial charge on any atom is 0.220 e. The Balaban J connectivity index is 0.000000179. The fourth-order valence-electron chi connectivity index (χ4n) is 11.6. The minimum atomic E-state index is -1.35. The fourth-order valence-corrected chi connectivity index (χ4v) is 15.1. The van der Waals surface area contributed by atoms with E-state index in [2.05, 4.69) is 338 Å². The van der Waals surface area contributed by atoms with Crippen molar-refractivity contribution in [3.63, 3.8) is 0 Å². The molecule has 0 aliphatic heterocycles. The van der Waals surface area contributed by atoms with Crippen molar-refractivity contribution < 1.29 is 13.7 Å². The Morgan fingerprint density at radius 1 is 0.301 bits per heavy atom. The number of rotatable bonds is 6. The number of aromatic nitrogens is 3. The van der Waals surface area contributed by atoms with Gasteiger partial charge in [-0.1, -0.05) is 218 Å². The molecular formula is C77H106N3Si3+3. The molecule has 0 aliphatic rings. The molecule has 0 atom stereocenters. The highest BCUT2D eigenvalue weighted by Crippen LogP contribution is 2.40. The van der Waals surface area contributed by atoms with Crippen LogP contribution in [0.4, 0.5) is 0 Å². The number of pyridine rings is 3. The molecule has 6 heteroatoms. The largest absolute Gasteiger partial charge is 0.220 e. The molecule has 0 fully saturated rings. The van der Waals surface area contributed by atoms with Gasteiger partial charge in [0.1, 0.15) is 21.1 Å². The summed E-state index contributed by atoms with van der Waals surface area (Å²) in [6, 6.07) is 44.7. The van der Waals surface area contributed by atoms with Crippen LogP contribution in [0.3, 0.4) is 0 Å². The normalized spacial score (nSPS) is 12.8. The molecular weight excluding hydrogens is 1050 g/mol. The summed E-state index contributed by atoms with van der Waals surface area (Å²) in [7, 11) is 2.53. The molecule has 3 nitrogen and oxygen atoms in total. The van der Waals surface area contributed by atoms with Crippen molar-refractivity contribution >= 4 is 72.1 Å². The van der Waals surface area contributed by atoms with E-state index < -0.39 is 24.2 Å². The minimum absolute atomic E-state index is 0.105. The van der Waals surface area contributed by atoms with Gasteiger partial charge >= 0.3 is 0 Å². The van der Waals surface area contributed by atoms with Gasteiger partial charge in [-0.25, -0.2) is 13.7 Å². The first-order valence-electron chi connectivity index (χ1n) is 30.7. The maximum atomic E-state index is 2.44. The first-order chi connectivity index (χ1) is 38.0. The number of benzene rings is 6. The van der Waals surface area contributed by atoms with E-state index in [1.165, 1.54) is 126 Å².